The maximum Gasteiger partial charge on any atom is 0.197 e. The molecule has 0 saturated carbocycles. The number of rotatable bonds is 5. The first-order valence-corrected chi connectivity index (χ1v) is 5.65. The van der Waals surface area contributed by atoms with Crippen LogP contribution in [0.1, 0.15) is 45.4 Å². The summed E-state index contributed by atoms with van der Waals surface area (Å²) >= 11 is 0. The lowest BCUT2D eigenvalue weighted by Gasteiger charge is -2.13. The van der Waals surface area contributed by atoms with Gasteiger partial charge in [0.2, 0.25) is 0 Å². The zero-order valence-electron chi connectivity index (χ0n) is 9.71. The number of carbonyl (C=O) groups excluding carboxylic acids is 2. The van der Waals surface area contributed by atoms with Gasteiger partial charge >= 0.3 is 0 Å². The molecular weight excluding hydrogens is 204 g/mol. The molecule has 0 aliphatic heterocycles. The number of hydrogen-bond acceptors (Lipinski definition) is 3. The fourth-order valence-electron chi connectivity index (χ4n) is 1.80. The third-order valence-electron chi connectivity index (χ3n) is 2.72. The molecule has 0 unspecified atom stereocenters. The van der Waals surface area contributed by atoms with Gasteiger partial charge in [0.05, 0.1) is 0 Å². The van der Waals surface area contributed by atoms with E-state index in [2.05, 4.69) is 6.58 Å². The van der Waals surface area contributed by atoms with E-state index in [0.29, 0.717) is 31.3 Å². The maximum atomic E-state index is 11.7. The van der Waals surface area contributed by atoms with Gasteiger partial charge in [0, 0.05) is 18.4 Å². The maximum absolute atomic E-state index is 11.7. The molecule has 0 fully saturated rings. The summed E-state index contributed by atoms with van der Waals surface area (Å²) in [5.41, 5.74) is 1.38. The molecule has 0 heterocycles. The second-order valence-corrected chi connectivity index (χ2v) is 4.34. The number of aliphatic hydroxyl groups is 1. The van der Waals surface area contributed by atoms with Crippen molar-refractivity contribution in [3.05, 3.63) is 23.5 Å². The number of ketones is 2. The Morgan fingerprint density at radius 3 is 2.69 bits per heavy atom. The van der Waals surface area contributed by atoms with E-state index in [-0.39, 0.29) is 17.3 Å². The van der Waals surface area contributed by atoms with E-state index in [1.54, 1.807) is 0 Å². The van der Waals surface area contributed by atoms with Crippen LogP contribution in [0.25, 0.3) is 0 Å². The number of allylic oxidation sites excluding steroid dienone is 3. The number of hydrogen-bond donors (Lipinski definition) is 1. The molecule has 16 heavy (non-hydrogen) atoms. The molecule has 1 rings (SSSR count). The first-order valence-electron chi connectivity index (χ1n) is 5.65. The van der Waals surface area contributed by atoms with Crippen LogP contribution < -0.4 is 0 Å². The van der Waals surface area contributed by atoms with E-state index in [9.17, 15) is 14.7 Å². The second kappa shape index (κ2) is 5.64. The third-order valence-corrected chi connectivity index (χ3v) is 2.72. The van der Waals surface area contributed by atoms with Crippen LogP contribution in [-0.4, -0.2) is 16.7 Å². The van der Waals surface area contributed by atoms with E-state index < -0.39 is 0 Å². The number of aliphatic hydroxyl groups excluding tert-OH is 1. The van der Waals surface area contributed by atoms with Gasteiger partial charge in [-0.05, 0) is 32.6 Å². The first-order chi connectivity index (χ1) is 7.52. The minimum Gasteiger partial charge on any atom is -0.504 e. The fourth-order valence-corrected chi connectivity index (χ4v) is 1.80. The lowest BCUT2D eigenvalue weighted by atomic mass is 9.91. The molecule has 3 heteroatoms. The van der Waals surface area contributed by atoms with Crippen molar-refractivity contribution in [3.8, 4) is 0 Å². The highest BCUT2D eigenvalue weighted by molar-refractivity contribution is 6.05. The van der Waals surface area contributed by atoms with Gasteiger partial charge in [0.25, 0.3) is 0 Å². The van der Waals surface area contributed by atoms with Crippen molar-refractivity contribution in [1.82, 2.24) is 0 Å². The summed E-state index contributed by atoms with van der Waals surface area (Å²) in [6, 6.07) is 0. The average molecular weight is 222 g/mol. The molecule has 3 nitrogen and oxygen atoms in total. The van der Waals surface area contributed by atoms with Crippen molar-refractivity contribution in [1.29, 1.82) is 0 Å². The molecular formula is C13H18O3. The molecule has 1 aliphatic carbocycles. The van der Waals surface area contributed by atoms with Gasteiger partial charge in [0.15, 0.2) is 17.3 Å². The van der Waals surface area contributed by atoms with Crippen molar-refractivity contribution in [3.63, 3.8) is 0 Å². The van der Waals surface area contributed by atoms with E-state index in [4.69, 9.17) is 0 Å². The van der Waals surface area contributed by atoms with Gasteiger partial charge in [0.1, 0.15) is 0 Å². The molecule has 1 aliphatic rings. The normalized spacial score (nSPS) is 16.4. The minimum atomic E-state index is -0.299. The van der Waals surface area contributed by atoms with Crippen LogP contribution >= 0.6 is 0 Å². The third kappa shape index (κ3) is 3.33. The van der Waals surface area contributed by atoms with Crippen LogP contribution in [0, 0.1) is 0 Å². The second-order valence-electron chi connectivity index (χ2n) is 4.34. The van der Waals surface area contributed by atoms with E-state index >= 15 is 0 Å². The lowest BCUT2D eigenvalue weighted by molar-refractivity contribution is -0.121. The Morgan fingerprint density at radius 2 is 2.06 bits per heavy atom. The Hall–Kier alpha value is -1.38. The van der Waals surface area contributed by atoms with Gasteiger partial charge in [-0.15, -0.1) is 6.58 Å². The molecule has 0 aromatic rings. The largest absolute Gasteiger partial charge is 0.504 e. The molecule has 0 amide bonds. The molecule has 0 bridgehead atoms. The van der Waals surface area contributed by atoms with Gasteiger partial charge in [-0.1, -0.05) is 5.57 Å². The van der Waals surface area contributed by atoms with Gasteiger partial charge in [-0.3, -0.25) is 9.59 Å². The Morgan fingerprint density at radius 1 is 1.38 bits per heavy atom. The minimum absolute atomic E-state index is 0.0909. The van der Waals surface area contributed by atoms with Crippen LogP contribution in [0.15, 0.2) is 23.5 Å². The average Bonchev–Trinajstić information content (AvgIpc) is 2.21. The Labute approximate surface area is 95.9 Å². The van der Waals surface area contributed by atoms with Crippen molar-refractivity contribution in [2.75, 3.05) is 0 Å². The number of Topliss-reactive ketones (excluding diaryl/α,β-unsaturated/α-hetero) is 2. The van der Waals surface area contributed by atoms with Crippen molar-refractivity contribution in [2.45, 2.75) is 45.4 Å². The standard InChI is InChI=1S/C13H18O3/c1-9(2)5-3-7-11(14)10-6-4-8-12(15)13(10)16/h16H,1,3-8H2,2H3. The van der Waals surface area contributed by atoms with Crippen LogP contribution in [0.4, 0.5) is 0 Å². The zero-order valence-corrected chi connectivity index (χ0v) is 9.71. The summed E-state index contributed by atoms with van der Waals surface area (Å²) in [5, 5.41) is 9.51. The Balaban J connectivity index is 2.56. The fraction of sp³-hybridized carbons (Fsp3) is 0.538. The predicted molar refractivity (Wildman–Crippen MR) is 62.2 cm³/mol. The molecule has 0 radical (unpaired) electrons. The van der Waals surface area contributed by atoms with Crippen molar-refractivity contribution in [2.24, 2.45) is 0 Å². The van der Waals surface area contributed by atoms with Crippen LogP contribution in [0.5, 0.6) is 0 Å². The molecule has 0 saturated heterocycles. The summed E-state index contributed by atoms with van der Waals surface area (Å²) < 4.78 is 0. The smallest absolute Gasteiger partial charge is 0.197 e. The lowest BCUT2D eigenvalue weighted by Crippen LogP contribution is -2.16. The highest BCUT2D eigenvalue weighted by Gasteiger charge is 2.23. The monoisotopic (exact) mass is 222 g/mol. The SMILES string of the molecule is C=C(C)CCCC(=O)C1=C(O)C(=O)CCC1. The molecule has 0 atom stereocenters. The first kappa shape index (κ1) is 12.7. The van der Waals surface area contributed by atoms with E-state index in [1.807, 2.05) is 6.92 Å². The molecule has 0 aromatic heterocycles. The van der Waals surface area contributed by atoms with Crippen LogP contribution in [0.2, 0.25) is 0 Å². The Bertz CT molecular complexity index is 350. The zero-order chi connectivity index (χ0) is 12.1. The Kier molecular flexibility index (Phi) is 4.47. The topological polar surface area (TPSA) is 54.4 Å². The highest BCUT2D eigenvalue weighted by Crippen LogP contribution is 2.22. The summed E-state index contributed by atoms with van der Waals surface area (Å²) in [6.07, 6.45) is 3.49. The van der Waals surface area contributed by atoms with Gasteiger partial charge in [-0.25, -0.2) is 0 Å². The highest BCUT2D eigenvalue weighted by atomic mass is 16.3. The summed E-state index contributed by atoms with van der Waals surface area (Å²) in [6.45, 7) is 5.69. The van der Waals surface area contributed by atoms with E-state index in [0.717, 1.165) is 18.4 Å². The summed E-state index contributed by atoms with van der Waals surface area (Å²) in [4.78, 5) is 23.0. The molecule has 88 valence electrons. The molecule has 1 N–H and O–H groups in total. The van der Waals surface area contributed by atoms with Crippen LogP contribution in [0.3, 0.4) is 0 Å². The molecule has 0 spiro atoms. The summed E-state index contributed by atoms with van der Waals surface area (Å²) in [7, 11) is 0. The predicted octanol–water partition coefficient (Wildman–Crippen LogP) is 2.87. The van der Waals surface area contributed by atoms with Crippen molar-refractivity contribution < 1.29 is 14.7 Å². The van der Waals surface area contributed by atoms with E-state index in [1.165, 1.54) is 0 Å². The summed E-state index contributed by atoms with van der Waals surface area (Å²) in [5.74, 6) is -0.687. The quantitative estimate of drug-likeness (QED) is 0.728. The number of carbonyl (C=O) groups is 2. The van der Waals surface area contributed by atoms with Crippen molar-refractivity contribution >= 4 is 11.6 Å². The van der Waals surface area contributed by atoms with Crippen LogP contribution in [-0.2, 0) is 9.59 Å². The van der Waals surface area contributed by atoms with Gasteiger partial charge < -0.3 is 5.11 Å². The van der Waals surface area contributed by atoms with Gasteiger partial charge in [-0.2, -0.15) is 0 Å². The molecule has 0 aromatic carbocycles.